The van der Waals surface area contributed by atoms with E-state index in [0.717, 1.165) is 11.8 Å². The van der Waals surface area contributed by atoms with Crippen molar-refractivity contribution >= 4 is 63.6 Å². The number of alkyl halides is 3. The number of rotatable bonds is 4. The number of fused-ring (bicyclic) bond motifs is 1. The van der Waals surface area contributed by atoms with Gasteiger partial charge in [-0.2, -0.15) is 13.2 Å². The largest absolute Gasteiger partial charge is 0.482 e. The molecule has 2 aromatic carbocycles. The number of ether oxygens (including phenoxy) is 1. The molecule has 0 aliphatic carbocycles. The molecule has 5 nitrogen and oxygen atoms in total. The van der Waals surface area contributed by atoms with E-state index in [4.69, 9.17) is 17.0 Å². The smallest absolute Gasteiger partial charge is 0.446 e. The van der Waals surface area contributed by atoms with Crippen LogP contribution in [0.25, 0.3) is 6.08 Å². The lowest BCUT2D eigenvalue weighted by molar-refractivity contribution is -0.121. The fraction of sp³-hybridized carbons (Fsp3) is 0.150. The molecule has 2 aromatic rings. The molecule has 0 bridgehead atoms. The number of anilines is 1. The fourth-order valence-corrected chi connectivity index (χ4v) is 4.75. The number of carbonyl (C=O) groups is 2. The van der Waals surface area contributed by atoms with Gasteiger partial charge in [-0.1, -0.05) is 42.2 Å². The predicted octanol–water partition coefficient (Wildman–Crippen LogP) is 4.71. The van der Waals surface area contributed by atoms with E-state index in [-0.39, 0.29) is 41.6 Å². The maximum absolute atomic E-state index is 12.7. The number of hydrogen-bond donors (Lipinski definition) is 1. The molecule has 11 heteroatoms. The Labute approximate surface area is 189 Å². The second kappa shape index (κ2) is 8.56. The van der Waals surface area contributed by atoms with Gasteiger partial charge in [0.05, 0.1) is 17.1 Å². The van der Waals surface area contributed by atoms with E-state index in [1.807, 2.05) is 0 Å². The lowest BCUT2D eigenvalue weighted by atomic mass is 10.1. The molecule has 0 aromatic heterocycles. The van der Waals surface area contributed by atoms with Crippen LogP contribution in [0.2, 0.25) is 0 Å². The third-order valence-corrected chi connectivity index (χ3v) is 6.22. The monoisotopic (exact) mass is 482 g/mol. The van der Waals surface area contributed by atoms with E-state index in [1.165, 1.54) is 23.1 Å². The number of carbonyl (C=O) groups excluding carboxylic acids is 2. The van der Waals surface area contributed by atoms with Crippen molar-refractivity contribution in [3.63, 3.8) is 0 Å². The Bertz CT molecular complexity index is 1120. The van der Waals surface area contributed by atoms with Gasteiger partial charge < -0.3 is 15.0 Å². The van der Waals surface area contributed by atoms with Crippen molar-refractivity contribution in [2.75, 3.05) is 11.5 Å². The van der Waals surface area contributed by atoms with Crippen LogP contribution in [0.1, 0.15) is 11.1 Å². The molecule has 1 N–H and O–H groups in total. The number of nitrogens with one attached hydrogen (secondary N) is 1. The maximum Gasteiger partial charge on any atom is 0.446 e. The van der Waals surface area contributed by atoms with Gasteiger partial charge in [0, 0.05) is 4.90 Å². The minimum atomic E-state index is -4.39. The van der Waals surface area contributed by atoms with Crippen LogP contribution in [-0.4, -0.2) is 28.3 Å². The van der Waals surface area contributed by atoms with Gasteiger partial charge in [0.1, 0.15) is 10.1 Å². The first kappa shape index (κ1) is 21.7. The molecule has 0 spiro atoms. The number of thiocarbonyl (C=S) groups is 1. The first-order valence-corrected chi connectivity index (χ1v) is 10.9. The molecule has 4 rings (SSSR count). The Kier molecular flexibility index (Phi) is 6.00. The van der Waals surface area contributed by atoms with E-state index in [0.29, 0.717) is 31.8 Å². The molecule has 0 unspecified atom stereocenters. The predicted molar refractivity (Wildman–Crippen MR) is 118 cm³/mol. The van der Waals surface area contributed by atoms with E-state index >= 15 is 0 Å². The lowest BCUT2D eigenvalue weighted by Gasteiger charge is -2.30. The second-order valence-electron chi connectivity index (χ2n) is 6.54. The molecule has 0 atom stereocenters. The summed E-state index contributed by atoms with van der Waals surface area (Å²) in [6.07, 6.45) is 1.65. The summed E-state index contributed by atoms with van der Waals surface area (Å²) in [5, 5.41) is 2.54. The van der Waals surface area contributed by atoms with Gasteiger partial charge in [0.25, 0.3) is 11.8 Å². The Morgan fingerprint density at radius 3 is 2.74 bits per heavy atom. The Morgan fingerprint density at radius 2 is 2.03 bits per heavy atom. The van der Waals surface area contributed by atoms with Crippen molar-refractivity contribution in [2.45, 2.75) is 16.9 Å². The molecular weight excluding hydrogens is 469 g/mol. The van der Waals surface area contributed by atoms with Crippen LogP contribution >= 0.6 is 35.7 Å². The van der Waals surface area contributed by atoms with Crippen LogP contribution in [0.4, 0.5) is 18.9 Å². The zero-order chi connectivity index (χ0) is 22.2. The molecule has 2 aliphatic rings. The number of thioether (sulfide) groups is 2. The van der Waals surface area contributed by atoms with E-state index in [2.05, 4.69) is 5.32 Å². The number of amides is 2. The topological polar surface area (TPSA) is 58.6 Å². The van der Waals surface area contributed by atoms with Crippen LogP contribution in [0, 0.1) is 0 Å². The summed E-state index contributed by atoms with van der Waals surface area (Å²) in [6.45, 7) is -0.0856. The molecule has 160 valence electrons. The molecule has 0 saturated carbocycles. The quantitative estimate of drug-likeness (QED) is 0.387. The number of nitrogens with zero attached hydrogens (tertiary/aromatic N) is 1. The van der Waals surface area contributed by atoms with E-state index < -0.39 is 5.51 Å². The Balaban J connectivity index is 1.63. The highest BCUT2D eigenvalue weighted by atomic mass is 32.2. The van der Waals surface area contributed by atoms with Crippen molar-refractivity contribution in [1.82, 2.24) is 5.32 Å². The van der Waals surface area contributed by atoms with Gasteiger partial charge >= 0.3 is 5.51 Å². The SMILES string of the molecule is O=C1NC(=S)SC1=Cc1ccc2c(c1)N(Cc1cccc(SC(F)(F)F)c1)C(=O)CO2. The number of hydrogen-bond acceptors (Lipinski definition) is 6. The molecule has 1 fully saturated rings. The highest BCUT2D eigenvalue weighted by Gasteiger charge is 2.30. The molecular formula is C20H13F3N2O3S3. The minimum Gasteiger partial charge on any atom is -0.482 e. The van der Waals surface area contributed by atoms with Gasteiger partial charge in [0.2, 0.25) is 0 Å². The van der Waals surface area contributed by atoms with Gasteiger partial charge in [-0.15, -0.1) is 0 Å². The van der Waals surface area contributed by atoms with Gasteiger partial charge in [-0.05, 0) is 53.2 Å². The molecule has 1 saturated heterocycles. The average Bonchev–Trinajstić information content (AvgIpc) is 3.00. The summed E-state index contributed by atoms with van der Waals surface area (Å²) < 4.78 is 43.9. The number of benzene rings is 2. The normalized spacial score (nSPS) is 17.6. The summed E-state index contributed by atoms with van der Waals surface area (Å²) in [5.74, 6) is -0.141. The van der Waals surface area contributed by atoms with Crippen molar-refractivity contribution in [1.29, 1.82) is 0 Å². The second-order valence-corrected chi connectivity index (χ2v) is 9.40. The summed E-state index contributed by atoms with van der Waals surface area (Å²) in [4.78, 5) is 26.4. The summed E-state index contributed by atoms with van der Waals surface area (Å²) in [7, 11) is 0. The van der Waals surface area contributed by atoms with Crippen LogP contribution in [-0.2, 0) is 16.1 Å². The highest BCUT2D eigenvalue weighted by molar-refractivity contribution is 8.26. The molecule has 0 radical (unpaired) electrons. The zero-order valence-electron chi connectivity index (χ0n) is 15.6. The number of halogens is 3. The van der Waals surface area contributed by atoms with Crippen molar-refractivity contribution < 1.29 is 27.5 Å². The zero-order valence-corrected chi connectivity index (χ0v) is 18.0. The standard InChI is InChI=1S/C20H13F3N2O3S3/c21-20(22,23)31-13-3-1-2-12(6-13)9-25-14-7-11(4-5-15(14)28-10-17(25)26)8-16-18(27)24-19(29)30-16/h1-8H,9-10H2,(H,24,27,29). The van der Waals surface area contributed by atoms with E-state index in [9.17, 15) is 22.8 Å². The molecule has 2 amide bonds. The maximum atomic E-state index is 12.7. The summed E-state index contributed by atoms with van der Waals surface area (Å²) in [5.41, 5.74) is -2.71. The third kappa shape index (κ3) is 5.23. The van der Waals surface area contributed by atoms with Crippen LogP contribution in [0.3, 0.4) is 0 Å². The lowest BCUT2D eigenvalue weighted by Crippen LogP contribution is -2.38. The van der Waals surface area contributed by atoms with E-state index in [1.54, 1.807) is 30.3 Å². The molecule has 31 heavy (non-hydrogen) atoms. The fourth-order valence-electron chi connectivity index (χ4n) is 3.08. The first-order valence-electron chi connectivity index (χ1n) is 8.85. The van der Waals surface area contributed by atoms with Gasteiger partial charge in [0.15, 0.2) is 6.61 Å². The van der Waals surface area contributed by atoms with Gasteiger partial charge in [-0.25, -0.2) is 0 Å². The minimum absolute atomic E-state index is 0.0460. The van der Waals surface area contributed by atoms with Crippen LogP contribution in [0.15, 0.2) is 52.3 Å². The highest BCUT2D eigenvalue weighted by Crippen LogP contribution is 2.38. The first-order chi connectivity index (χ1) is 14.7. The van der Waals surface area contributed by atoms with Crippen molar-refractivity contribution in [3.05, 3.63) is 58.5 Å². The molecule has 2 heterocycles. The van der Waals surface area contributed by atoms with Crippen molar-refractivity contribution in [2.24, 2.45) is 0 Å². The molecule has 2 aliphatic heterocycles. The Morgan fingerprint density at radius 1 is 1.23 bits per heavy atom. The summed E-state index contributed by atoms with van der Waals surface area (Å²) >= 11 is 5.92. The summed E-state index contributed by atoms with van der Waals surface area (Å²) in [6, 6.07) is 11.1. The van der Waals surface area contributed by atoms with Crippen LogP contribution in [0.5, 0.6) is 5.75 Å². The van der Waals surface area contributed by atoms with Gasteiger partial charge in [-0.3, -0.25) is 9.59 Å². The Hall–Kier alpha value is -2.50. The third-order valence-electron chi connectivity index (χ3n) is 4.34. The van der Waals surface area contributed by atoms with Crippen LogP contribution < -0.4 is 15.0 Å². The average molecular weight is 483 g/mol. The van der Waals surface area contributed by atoms with Crippen molar-refractivity contribution in [3.8, 4) is 5.75 Å².